The molecule has 4 heterocycles. The predicted molar refractivity (Wildman–Crippen MR) is 110 cm³/mol. The second kappa shape index (κ2) is 8.00. The van der Waals surface area contributed by atoms with Crippen LogP contribution in [0.2, 0.25) is 0 Å². The van der Waals surface area contributed by atoms with Gasteiger partial charge < -0.3 is 4.52 Å². The van der Waals surface area contributed by atoms with Crippen LogP contribution in [0.1, 0.15) is 37.4 Å². The van der Waals surface area contributed by atoms with E-state index < -0.39 is 0 Å². The van der Waals surface area contributed by atoms with Crippen molar-refractivity contribution in [2.24, 2.45) is 0 Å². The van der Waals surface area contributed by atoms with Crippen LogP contribution in [-0.2, 0) is 6.54 Å². The zero-order chi connectivity index (χ0) is 19.6. The highest BCUT2D eigenvalue weighted by Crippen LogP contribution is 2.25. The van der Waals surface area contributed by atoms with E-state index in [0.717, 1.165) is 41.9 Å². The minimum Gasteiger partial charge on any atom is -0.338 e. The molecule has 0 radical (unpaired) electrons. The molecule has 2 aliphatic heterocycles. The Morgan fingerprint density at radius 3 is 2.72 bits per heavy atom. The fraction of sp³-hybridized carbons (Fsp3) is 0.455. The number of aryl methyl sites for hydroxylation is 1. The van der Waals surface area contributed by atoms with Crippen molar-refractivity contribution in [1.82, 2.24) is 29.9 Å². The number of piperidine rings is 1. The van der Waals surface area contributed by atoms with Crippen LogP contribution in [0.25, 0.3) is 22.6 Å². The zero-order valence-electron chi connectivity index (χ0n) is 16.8. The summed E-state index contributed by atoms with van der Waals surface area (Å²) in [6, 6.07) is 10.8. The van der Waals surface area contributed by atoms with Crippen LogP contribution in [0.4, 0.5) is 0 Å². The SMILES string of the molecule is Cc1nccc(-c2ccc(-c3noc(CN4CC[C@@H]5CCCCN5C4)n3)cc2)n1. The van der Waals surface area contributed by atoms with Crippen LogP contribution in [0.15, 0.2) is 41.1 Å². The molecule has 150 valence electrons. The Labute approximate surface area is 170 Å². The van der Waals surface area contributed by atoms with Gasteiger partial charge in [-0.1, -0.05) is 35.8 Å². The van der Waals surface area contributed by atoms with Gasteiger partial charge in [0.2, 0.25) is 11.7 Å². The lowest BCUT2D eigenvalue weighted by atomic mass is 9.98. The van der Waals surface area contributed by atoms with Crippen molar-refractivity contribution in [3.05, 3.63) is 48.2 Å². The normalized spacial score (nSPS) is 20.5. The molecule has 1 aromatic carbocycles. The maximum atomic E-state index is 5.55. The zero-order valence-corrected chi connectivity index (χ0v) is 16.8. The number of rotatable bonds is 4. The first kappa shape index (κ1) is 18.4. The minimum absolute atomic E-state index is 0.637. The molecule has 2 fully saturated rings. The lowest BCUT2D eigenvalue weighted by Crippen LogP contribution is -2.52. The van der Waals surface area contributed by atoms with Crippen LogP contribution < -0.4 is 0 Å². The summed E-state index contributed by atoms with van der Waals surface area (Å²) in [5, 5.41) is 4.20. The van der Waals surface area contributed by atoms with Crippen molar-refractivity contribution in [2.45, 2.75) is 45.2 Å². The van der Waals surface area contributed by atoms with Gasteiger partial charge >= 0.3 is 0 Å². The number of nitrogens with zero attached hydrogens (tertiary/aromatic N) is 6. The minimum atomic E-state index is 0.637. The molecule has 3 aromatic rings. The van der Waals surface area contributed by atoms with E-state index in [1.54, 1.807) is 6.20 Å². The number of aromatic nitrogens is 4. The van der Waals surface area contributed by atoms with Gasteiger partial charge in [-0.15, -0.1) is 0 Å². The van der Waals surface area contributed by atoms with Gasteiger partial charge in [-0.3, -0.25) is 9.80 Å². The van der Waals surface area contributed by atoms with Crippen LogP contribution in [0, 0.1) is 6.92 Å². The van der Waals surface area contributed by atoms with Gasteiger partial charge in [-0.05, 0) is 38.8 Å². The largest absolute Gasteiger partial charge is 0.338 e. The number of benzene rings is 1. The molecule has 0 saturated carbocycles. The summed E-state index contributed by atoms with van der Waals surface area (Å²) < 4.78 is 5.55. The molecule has 0 bridgehead atoms. The topological polar surface area (TPSA) is 71.2 Å². The summed E-state index contributed by atoms with van der Waals surface area (Å²) in [5.74, 6) is 2.09. The molecular formula is C22H26N6O. The third-order valence-corrected chi connectivity index (χ3v) is 5.95. The molecule has 2 aliphatic rings. The maximum absolute atomic E-state index is 5.55. The van der Waals surface area contributed by atoms with Crippen LogP contribution in [0.5, 0.6) is 0 Å². The van der Waals surface area contributed by atoms with Gasteiger partial charge in [0.1, 0.15) is 5.82 Å². The average molecular weight is 390 g/mol. The maximum Gasteiger partial charge on any atom is 0.241 e. The van der Waals surface area contributed by atoms with Crippen LogP contribution in [0.3, 0.4) is 0 Å². The second-order valence-electron chi connectivity index (χ2n) is 8.02. The number of hydrogen-bond acceptors (Lipinski definition) is 7. The van der Waals surface area contributed by atoms with E-state index in [2.05, 4.69) is 29.9 Å². The summed E-state index contributed by atoms with van der Waals surface area (Å²) in [6.07, 6.45) is 7.07. The van der Waals surface area contributed by atoms with Gasteiger partial charge in [-0.25, -0.2) is 9.97 Å². The van der Waals surface area contributed by atoms with Crippen molar-refractivity contribution in [3.8, 4) is 22.6 Å². The first-order valence-electron chi connectivity index (χ1n) is 10.4. The standard InChI is InChI=1S/C22H26N6O/c1-16-23-11-9-20(24-16)17-5-7-18(8-6-17)22-25-21(29-26-22)14-27-13-10-19-4-2-3-12-28(19)15-27/h5-9,11,19H,2-4,10,12-15H2,1H3/t19-/m0/s1. The monoisotopic (exact) mass is 390 g/mol. The highest BCUT2D eigenvalue weighted by molar-refractivity contribution is 5.64. The molecule has 0 amide bonds. The molecule has 0 aliphatic carbocycles. The van der Waals surface area contributed by atoms with E-state index in [1.165, 1.54) is 32.2 Å². The van der Waals surface area contributed by atoms with E-state index in [4.69, 9.17) is 4.52 Å². The molecule has 29 heavy (non-hydrogen) atoms. The number of fused-ring (bicyclic) bond motifs is 1. The molecule has 1 atom stereocenters. The predicted octanol–water partition coefficient (Wildman–Crippen LogP) is 3.52. The highest BCUT2D eigenvalue weighted by atomic mass is 16.5. The second-order valence-corrected chi connectivity index (χ2v) is 8.02. The molecule has 0 spiro atoms. The molecular weight excluding hydrogens is 364 g/mol. The Hall–Kier alpha value is -2.64. The van der Waals surface area contributed by atoms with E-state index in [0.29, 0.717) is 18.3 Å². The van der Waals surface area contributed by atoms with Crippen molar-refractivity contribution in [3.63, 3.8) is 0 Å². The van der Waals surface area contributed by atoms with Crippen molar-refractivity contribution >= 4 is 0 Å². The molecule has 5 rings (SSSR count). The Kier molecular flexibility index (Phi) is 5.08. The van der Waals surface area contributed by atoms with Gasteiger partial charge in [0.25, 0.3) is 0 Å². The molecule has 2 aromatic heterocycles. The quantitative estimate of drug-likeness (QED) is 0.675. The third-order valence-electron chi connectivity index (χ3n) is 5.95. The fourth-order valence-corrected chi connectivity index (χ4v) is 4.40. The van der Waals surface area contributed by atoms with E-state index in [1.807, 2.05) is 37.3 Å². The third kappa shape index (κ3) is 4.06. The summed E-state index contributed by atoms with van der Waals surface area (Å²) in [7, 11) is 0. The van der Waals surface area contributed by atoms with Gasteiger partial charge in [-0.2, -0.15) is 4.98 Å². The Morgan fingerprint density at radius 2 is 1.86 bits per heavy atom. The van der Waals surface area contributed by atoms with E-state index in [-0.39, 0.29) is 0 Å². The molecule has 0 unspecified atom stereocenters. The average Bonchev–Trinajstić information content (AvgIpc) is 3.22. The highest BCUT2D eigenvalue weighted by Gasteiger charge is 2.29. The first-order chi connectivity index (χ1) is 14.2. The smallest absolute Gasteiger partial charge is 0.241 e. The Morgan fingerprint density at radius 1 is 1.00 bits per heavy atom. The van der Waals surface area contributed by atoms with Gasteiger partial charge in [0.05, 0.1) is 18.9 Å². The van der Waals surface area contributed by atoms with Crippen molar-refractivity contribution < 1.29 is 4.52 Å². The number of hydrogen-bond donors (Lipinski definition) is 0. The van der Waals surface area contributed by atoms with E-state index >= 15 is 0 Å². The lowest BCUT2D eigenvalue weighted by Gasteiger charge is -2.43. The summed E-state index contributed by atoms with van der Waals surface area (Å²) >= 11 is 0. The van der Waals surface area contributed by atoms with Crippen LogP contribution >= 0.6 is 0 Å². The first-order valence-corrected chi connectivity index (χ1v) is 10.4. The molecule has 7 nitrogen and oxygen atoms in total. The van der Waals surface area contributed by atoms with Crippen molar-refractivity contribution in [1.29, 1.82) is 0 Å². The fourth-order valence-electron chi connectivity index (χ4n) is 4.40. The summed E-state index contributed by atoms with van der Waals surface area (Å²) in [4.78, 5) is 18.3. The van der Waals surface area contributed by atoms with Gasteiger partial charge in [0, 0.05) is 29.9 Å². The molecule has 7 heteroatoms. The Bertz CT molecular complexity index is 969. The van der Waals surface area contributed by atoms with Crippen LogP contribution in [-0.4, -0.2) is 55.7 Å². The summed E-state index contributed by atoms with van der Waals surface area (Å²) in [6.45, 7) is 5.94. The van der Waals surface area contributed by atoms with E-state index in [9.17, 15) is 0 Å². The Balaban J connectivity index is 1.25. The molecule has 2 saturated heterocycles. The molecule has 0 N–H and O–H groups in total. The van der Waals surface area contributed by atoms with Crippen molar-refractivity contribution in [2.75, 3.05) is 19.8 Å². The summed E-state index contributed by atoms with van der Waals surface area (Å²) in [5.41, 5.74) is 2.91. The lowest BCUT2D eigenvalue weighted by molar-refractivity contribution is 0.00872. The van der Waals surface area contributed by atoms with Gasteiger partial charge in [0.15, 0.2) is 0 Å².